The summed E-state index contributed by atoms with van der Waals surface area (Å²) in [6.07, 6.45) is 1.72. The van der Waals surface area contributed by atoms with Gasteiger partial charge >= 0.3 is 11.4 Å². The number of aryl methyl sites for hydroxylation is 1. The summed E-state index contributed by atoms with van der Waals surface area (Å²) >= 11 is 0. The van der Waals surface area contributed by atoms with E-state index in [-0.39, 0.29) is 5.69 Å². The molecule has 1 heterocycles. The number of hydrogen-bond donors (Lipinski definition) is 0. The maximum absolute atomic E-state index is 12.1. The highest BCUT2D eigenvalue weighted by atomic mass is 16.5. The molecule has 0 saturated carbocycles. The van der Waals surface area contributed by atoms with Crippen molar-refractivity contribution in [2.24, 2.45) is 0 Å². The lowest BCUT2D eigenvalue weighted by Crippen LogP contribution is -2.43. The van der Waals surface area contributed by atoms with Gasteiger partial charge in [-0.3, -0.25) is 4.57 Å². The lowest BCUT2D eigenvalue weighted by Gasteiger charge is -2.11. The van der Waals surface area contributed by atoms with Gasteiger partial charge in [-0.05, 0) is 13.3 Å². The molecular formula is C10H18BN3O3. The molecule has 17 heavy (non-hydrogen) atoms. The molecule has 0 aromatic carbocycles. The Morgan fingerprint density at radius 1 is 1.29 bits per heavy atom. The Bertz CT molecular complexity index is 481. The fraction of sp³-hybridized carbons (Fsp3) is 0.700. The van der Waals surface area contributed by atoms with Crippen molar-refractivity contribution >= 4 is 7.85 Å². The van der Waals surface area contributed by atoms with E-state index in [1.165, 1.54) is 9.13 Å². The van der Waals surface area contributed by atoms with Crippen LogP contribution in [-0.4, -0.2) is 35.7 Å². The Balaban J connectivity index is 3.13. The van der Waals surface area contributed by atoms with Gasteiger partial charge in [0.25, 0.3) is 0 Å². The van der Waals surface area contributed by atoms with Crippen molar-refractivity contribution in [2.45, 2.75) is 32.8 Å². The van der Waals surface area contributed by atoms with Crippen molar-refractivity contribution in [1.82, 2.24) is 14.1 Å². The molecule has 0 saturated heterocycles. The van der Waals surface area contributed by atoms with Crippen molar-refractivity contribution < 1.29 is 4.74 Å². The Labute approximate surface area is 101 Å². The normalized spacial score (nSPS) is 10.7. The van der Waals surface area contributed by atoms with Gasteiger partial charge in [-0.1, -0.05) is 6.32 Å². The van der Waals surface area contributed by atoms with Crippen LogP contribution in [0.5, 0.6) is 0 Å². The van der Waals surface area contributed by atoms with Crippen molar-refractivity contribution in [2.75, 3.05) is 13.7 Å². The third-order valence-electron chi connectivity index (χ3n) is 2.60. The van der Waals surface area contributed by atoms with E-state index in [0.29, 0.717) is 25.5 Å². The van der Waals surface area contributed by atoms with E-state index in [1.54, 1.807) is 14.0 Å². The van der Waals surface area contributed by atoms with Gasteiger partial charge in [0.15, 0.2) is 0 Å². The maximum Gasteiger partial charge on any atom is 0.353 e. The molecule has 0 aliphatic heterocycles. The first-order valence-corrected chi connectivity index (χ1v) is 5.79. The molecule has 0 spiro atoms. The minimum atomic E-state index is -0.463. The molecule has 0 unspecified atom stereocenters. The van der Waals surface area contributed by atoms with Crippen LogP contribution < -0.4 is 11.4 Å². The molecule has 0 fully saturated rings. The first-order valence-electron chi connectivity index (χ1n) is 5.79. The summed E-state index contributed by atoms with van der Waals surface area (Å²) < 4.78 is 7.59. The molecule has 94 valence electrons. The SMILES string of the molecule is BCCCn1c(=O)nc(C)n(CCOC)c1=O. The number of rotatable bonds is 6. The van der Waals surface area contributed by atoms with E-state index in [2.05, 4.69) is 4.98 Å². The van der Waals surface area contributed by atoms with Gasteiger partial charge < -0.3 is 4.74 Å². The highest BCUT2D eigenvalue weighted by Gasteiger charge is 2.09. The van der Waals surface area contributed by atoms with Crippen LogP contribution in [0, 0.1) is 6.92 Å². The Hall–Kier alpha value is -1.37. The van der Waals surface area contributed by atoms with Gasteiger partial charge in [0, 0.05) is 13.7 Å². The van der Waals surface area contributed by atoms with Crippen LogP contribution in [0.3, 0.4) is 0 Å². The first kappa shape index (κ1) is 13.7. The summed E-state index contributed by atoms with van der Waals surface area (Å²) in [6.45, 7) is 2.92. The summed E-state index contributed by atoms with van der Waals surface area (Å²) in [4.78, 5) is 27.5. The van der Waals surface area contributed by atoms with Crippen LogP contribution in [0.2, 0.25) is 6.32 Å². The summed E-state index contributed by atoms with van der Waals surface area (Å²) in [5.74, 6) is 0.435. The Morgan fingerprint density at radius 3 is 2.59 bits per heavy atom. The highest BCUT2D eigenvalue weighted by Crippen LogP contribution is 1.90. The third kappa shape index (κ3) is 3.29. The van der Waals surface area contributed by atoms with Crippen LogP contribution in [0.25, 0.3) is 0 Å². The van der Waals surface area contributed by atoms with Crippen LogP contribution in [0.15, 0.2) is 9.59 Å². The molecule has 0 bridgehead atoms. The molecule has 7 heteroatoms. The fourth-order valence-electron chi connectivity index (χ4n) is 1.57. The van der Waals surface area contributed by atoms with Crippen molar-refractivity contribution in [3.05, 3.63) is 26.8 Å². The molecular weight excluding hydrogens is 221 g/mol. The molecule has 0 aliphatic carbocycles. The highest BCUT2D eigenvalue weighted by molar-refractivity contribution is 6.08. The molecule has 0 aliphatic rings. The number of methoxy groups -OCH3 is 1. The van der Waals surface area contributed by atoms with Crippen molar-refractivity contribution in [1.29, 1.82) is 0 Å². The van der Waals surface area contributed by atoms with Gasteiger partial charge in [0.05, 0.1) is 13.2 Å². The number of ether oxygens (including phenoxy) is 1. The van der Waals surface area contributed by atoms with Gasteiger partial charge in [-0.2, -0.15) is 4.98 Å². The average molecular weight is 239 g/mol. The topological polar surface area (TPSA) is 66.1 Å². The molecule has 6 nitrogen and oxygen atoms in total. The standard InChI is InChI=1S/C10H18BN3O3/c1-8-12-9(15)14(5-3-4-11)10(16)13(8)6-7-17-2/h3-7,11H2,1-2H3. The van der Waals surface area contributed by atoms with E-state index >= 15 is 0 Å². The van der Waals surface area contributed by atoms with Crippen LogP contribution >= 0.6 is 0 Å². The van der Waals surface area contributed by atoms with Crippen molar-refractivity contribution in [3.63, 3.8) is 0 Å². The Morgan fingerprint density at radius 2 is 2.00 bits per heavy atom. The van der Waals surface area contributed by atoms with E-state index in [9.17, 15) is 9.59 Å². The zero-order chi connectivity index (χ0) is 12.8. The largest absolute Gasteiger partial charge is 0.383 e. The smallest absolute Gasteiger partial charge is 0.353 e. The molecule has 0 atom stereocenters. The number of nitrogens with zero attached hydrogens (tertiary/aromatic N) is 3. The number of aromatic nitrogens is 3. The summed E-state index contributed by atoms with van der Waals surface area (Å²) in [5.41, 5.74) is -0.761. The minimum Gasteiger partial charge on any atom is -0.383 e. The molecule has 1 aromatic rings. The summed E-state index contributed by atoms with van der Waals surface area (Å²) in [5, 5.41) is 0. The fourth-order valence-corrected chi connectivity index (χ4v) is 1.57. The predicted octanol–water partition coefficient (Wildman–Crippen LogP) is -1.20. The van der Waals surface area contributed by atoms with Gasteiger partial charge in [-0.15, -0.1) is 0 Å². The predicted molar refractivity (Wildman–Crippen MR) is 67.3 cm³/mol. The second-order valence-corrected chi connectivity index (χ2v) is 3.87. The van der Waals surface area contributed by atoms with Crippen LogP contribution in [-0.2, 0) is 17.8 Å². The lowest BCUT2D eigenvalue weighted by molar-refractivity contribution is 0.183. The van der Waals surface area contributed by atoms with E-state index < -0.39 is 5.69 Å². The van der Waals surface area contributed by atoms with E-state index in [1.807, 2.05) is 7.85 Å². The Kier molecular flexibility index (Phi) is 5.15. The van der Waals surface area contributed by atoms with Crippen molar-refractivity contribution in [3.8, 4) is 0 Å². The molecule has 0 amide bonds. The van der Waals surface area contributed by atoms with E-state index in [4.69, 9.17) is 4.74 Å². The zero-order valence-corrected chi connectivity index (χ0v) is 10.6. The van der Waals surface area contributed by atoms with Crippen LogP contribution in [0.4, 0.5) is 0 Å². The molecule has 0 radical (unpaired) electrons. The third-order valence-corrected chi connectivity index (χ3v) is 2.60. The van der Waals surface area contributed by atoms with E-state index in [0.717, 1.165) is 12.7 Å². The lowest BCUT2D eigenvalue weighted by atomic mass is 10.0. The monoisotopic (exact) mass is 239 g/mol. The summed E-state index contributed by atoms with van der Waals surface area (Å²) in [6, 6.07) is 0. The van der Waals surface area contributed by atoms with Gasteiger partial charge in [0.1, 0.15) is 13.7 Å². The first-order chi connectivity index (χ1) is 8.11. The van der Waals surface area contributed by atoms with Gasteiger partial charge in [-0.25, -0.2) is 14.2 Å². The second kappa shape index (κ2) is 6.39. The van der Waals surface area contributed by atoms with Crippen LogP contribution in [0.1, 0.15) is 12.2 Å². The second-order valence-electron chi connectivity index (χ2n) is 3.87. The molecule has 1 aromatic heterocycles. The molecule has 1 rings (SSSR count). The minimum absolute atomic E-state index is 0.298. The number of hydrogen-bond acceptors (Lipinski definition) is 4. The maximum atomic E-state index is 12.1. The molecule has 0 N–H and O–H groups in total. The zero-order valence-electron chi connectivity index (χ0n) is 10.6. The summed E-state index contributed by atoms with van der Waals surface area (Å²) in [7, 11) is 3.58. The van der Waals surface area contributed by atoms with Gasteiger partial charge in [0.2, 0.25) is 0 Å². The quantitative estimate of drug-likeness (QED) is 0.585. The average Bonchev–Trinajstić information content (AvgIpc) is 2.28.